The zero-order valence-corrected chi connectivity index (χ0v) is 18.6. The molecule has 0 bridgehead atoms. The van der Waals surface area contributed by atoms with Gasteiger partial charge in [-0.2, -0.15) is 0 Å². The third-order valence-electron chi connectivity index (χ3n) is 5.13. The van der Waals surface area contributed by atoms with Crippen LogP contribution >= 0.6 is 23.2 Å². The molecule has 4 aromatic rings. The first-order chi connectivity index (χ1) is 15.1. The van der Waals surface area contributed by atoms with Gasteiger partial charge in [0.1, 0.15) is 5.82 Å². The van der Waals surface area contributed by atoms with Gasteiger partial charge in [-0.05, 0) is 50.2 Å². The number of carbonyl (C=O) groups is 1. The largest absolute Gasteiger partial charge is 0.481 e. The van der Waals surface area contributed by atoms with Crippen molar-refractivity contribution in [3.05, 3.63) is 79.4 Å². The van der Waals surface area contributed by atoms with E-state index >= 15 is 0 Å². The Balaban J connectivity index is 2.09. The molecule has 2 N–H and O–H groups in total. The smallest absolute Gasteiger partial charge is 0.330 e. The normalized spacial score (nSPS) is 11.8. The number of halogens is 2. The van der Waals surface area contributed by atoms with Crippen molar-refractivity contribution in [2.75, 3.05) is 0 Å². The van der Waals surface area contributed by atoms with E-state index in [0.717, 1.165) is 4.57 Å². The molecule has 0 fully saturated rings. The maximum absolute atomic E-state index is 13.5. The highest BCUT2D eigenvalue weighted by Crippen LogP contribution is 2.31. The molecule has 0 aliphatic rings. The molecule has 0 amide bonds. The summed E-state index contributed by atoms with van der Waals surface area (Å²) in [6, 6.07) is 13.7. The predicted octanol–water partition coefficient (Wildman–Crippen LogP) is 3.96. The second-order valence-electron chi connectivity index (χ2n) is 7.93. The van der Waals surface area contributed by atoms with E-state index in [1.165, 1.54) is 13.8 Å². The lowest BCUT2D eigenvalue weighted by molar-refractivity contribution is -0.147. The fourth-order valence-corrected chi connectivity index (χ4v) is 3.71. The summed E-state index contributed by atoms with van der Waals surface area (Å²) in [5.41, 5.74) is -1.49. The van der Waals surface area contributed by atoms with Gasteiger partial charge in [-0.1, -0.05) is 35.3 Å². The molecule has 164 valence electrons. The summed E-state index contributed by atoms with van der Waals surface area (Å²) in [5.74, 6) is -0.789. The number of rotatable bonds is 5. The van der Waals surface area contributed by atoms with Crippen LogP contribution in [-0.4, -0.2) is 30.2 Å². The lowest BCUT2D eigenvalue weighted by atomic mass is 9.94. The Hall–Kier alpha value is -3.36. The highest BCUT2D eigenvalue weighted by molar-refractivity contribution is 6.33. The average molecular weight is 473 g/mol. The number of fused-ring (bicyclic) bond motifs is 1. The van der Waals surface area contributed by atoms with Crippen molar-refractivity contribution in [3.63, 3.8) is 0 Å². The SMILES string of the molecule is CC(C)(Cn1c(=O)[nH]c2nc(-c3ccccc3Cl)n(-c3ccc(Cl)cc3)c2c1=O)C(=O)O. The third kappa shape index (κ3) is 3.72. The molecule has 0 aliphatic carbocycles. The van der Waals surface area contributed by atoms with Gasteiger partial charge < -0.3 is 5.11 Å². The molecule has 2 aromatic heterocycles. The van der Waals surface area contributed by atoms with Crippen LogP contribution in [0.25, 0.3) is 28.2 Å². The molecule has 0 saturated carbocycles. The number of hydrogen-bond donors (Lipinski definition) is 2. The number of hydrogen-bond acceptors (Lipinski definition) is 4. The summed E-state index contributed by atoms with van der Waals surface area (Å²) in [5, 5.41) is 10.4. The lowest BCUT2D eigenvalue weighted by Crippen LogP contribution is -2.42. The number of benzene rings is 2. The Labute approximate surface area is 191 Å². The van der Waals surface area contributed by atoms with E-state index < -0.39 is 22.6 Å². The molecule has 0 spiro atoms. The van der Waals surface area contributed by atoms with Gasteiger partial charge in [-0.25, -0.2) is 9.78 Å². The van der Waals surface area contributed by atoms with Crippen molar-refractivity contribution in [1.82, 2.24) is 19.1 Å². The lowest BCUT2D eigenvalue weighted by Gasteiger charge is -2.19. The molecule has 0 aliphatic heterocycles. The van der Waals surface area contributed by atoms with Gasteiger partial charge in [-0.15, -0.1) is 0 Å². The van der Waals surface area contributed by atoms with Crippen LogP contribution in [0.1, 0.15) is 13.8 Å². The van der Waals surface area contributed by atoms with Gasteiger partial charge in [-0.3, -0.25) is 23.7 Å². The number of nitrogens with one attached hydrogen (secondary N) is 1. The van der Waals surface area contributed by atoms with E-state index in [0.29, 0.717) is 27.1 Å². The zero-order chi connectivity index (χ0) is 23.2. The summed E-state index contributed by atoms with van der Waals surface area (Å²) in [6.07, 6.45) is 0. The van der Waals surface area contributed by atoms with Crippen molar-refractivity contribution >= 4 is 40.3 Å². The number of H-pyrrole nitrogens is 1. The first kappa shape index (κ1) is 21.9. The Morgan fingerprint density at radius 2 is 1.75 bits per heavy atom. The second-order valence-corrected chi connectivity index (χ2v) is 8.78. The average Bonchev–Trinajstić information content (AvgIpc) is 3.11. The van der Waals surface area contributed by atoms with Crippen LogP contribution in [-0.2, 0) is 11.3 Å². The van der Waals surface area contributed by atoms with Crippen LogP contribution in [0.4, 0.5) is 0 Å². The first-order valence-electron chi connectivity index (χ1n) is 9.60. The Morgan fingerprint density at radius 3 is 2.38 bits per heavy atom. The van der Waals surface area contributed by atoms with Gasteiger partial charge in [0.15, 0.2) is 11.2 Å². The second kappa shape index (κ2) is 7.96. The van der Waals surface area contributed by atoms with Crippen molar-refractivity contribution in [3.8, 4) is 17.1 Å². The molecular weight excluding hydrogens is 455 g/mol. The predicted molar refractivity (Wildman–Crippen MR) is 123 cm³/mol. The fraction of sp³-hybridized carbons (Fsp3) is 0.182. The minimum absolute atomic E-state index is 0.0641. The standard InChI is InChI=1S/C22H18Cl2N4O4/c1-22(2,20(30)31)11-27-19(29)16-17(26-21(27)32)25-18(14-5-3-4-6-15(14)24)28(16)13-9-7-12(23)8-10-13/h3-10H,11H2,1-2H3,(H,26,32)(H,30,31). The van der Waals surface area contributed by atoms with Crippen LogP contribution in [0.15, 0.2) is 58.1 Å². The summed E-state index contributed by atoms with van der Waals surface area (Å²) in [4.78, 5) is 44.8. The van der Waals surface area contributed by atoms with Crippen LogP contribution in [0, 0.1) is 5.41 Å². The molecule has 2 aromatic carbocycles. The minimum atomic E-state index is -1.35. The van der Waals surface area contributed by atoms with Crippen molar-refractivity contribution < 1.29 is 9.90 Å². The van der Waals surface area contributed by atoms with Crippen LogP contribution in [0.5, 0.6) is 0 Å². The van der Waals surface area contributed by atoms with Gasteiger partial charge in [0.2, 0.25) is 0 Å². The summed E-state index contributed by atoms with van der Waals surface area (Å²) < 4.78 is 2.45. The van der Waals surface area contributed by atoms with Crippen LogP contribution in [0.3, 0.4) is 0 Å². The number of carboxylic acid groups (broad SMARTS) is 1. The zero-order valence-electron chi connectivity index (χ0n) is 17.1. The van der Waals surface area contributed by atoms with Gasteiger partial charge >= 0.3 is 11.7 Å². The Kier molecular flexibility index (Phi) is 5.44. The van der Waals surface area contributed by atoms with Crippen molar-refractivity contribution in [2.45, 2.75) is 20.4 Å². The molecule has 0 radical (unpaired) electrons. The maximum atomic E-state index is 13.5. The molecular formula is C22H18Cl2N4O4. The summed E-state index contributed by atoms with van der Waals surface area (Å²) in [6.45, 7) is 2.56. The fourth-order valence-electron chi connectivity index (χ4n) is 3.36. The van der Waals surface area contributed by atoms with E-state index in [1.54, 1.807) is 53.1 Å². The molecule has 0 saturated heterocycles. The van der Waals surface area contributed by atoms with E-state index in [2.05, 4.69) is 9.97 Å². The molecule has 8 nitrogen and oxygen atoms in total. The number of carboxylic acids is 1. The van der Waals surface area contributed by atoms with E-state index in [4.69, 9.17) is 23.2 Å². The molecule has 2 heterocycles. The summed E-state index contributed by atoms with van der Waals surface area (Å²) in [7, 11) is 0. The number of imidazole rings is 1. The number of aliphatic carboxylic acids is 1. The first-order valence-corrected chi connectivity index (χ1v) is 10.4. The van der Waals surface area contributed by atoms with Gasteiger partial charge in [0, 0.05) is 22.8 Å². The summed E-state index contributed by atoms with van der Waals surface area (Å²) >= 11 is 12.4. The molecule has 4 rings (SSSR count). The van der Waals surface area contributed by atoms with Gasteiger partial charge in [0.25, 0.3) is 5.56 Å². The monoisotopic (exact) mass is 472 g/mol. The molecule has 0 atom stereocenters. The maximum Gasteiger partial charge on any atom is 0.330 e. The highest BCUT2D eigenvalue weighted by atomic mass is 35.5. The minimum Gasteiger partial charge on any atom is -0.481 e. The number of nitrogens with zero attached hydrogens (tertiary/aromatic N) is 3. The van der Waals surface area contributed by atoms with Gasteiger partial charge in [0.05, 0.1) is 10.4 Å². The van der Waals surface area contributed by atoms with Crippen molar-refractivity contribution in [2.24, 2.45) is 5.41 Å². The number of aromatic nitrogens is 4. The van der Waals surface area contributed by atoms with Crippen LogP contribution in [0.2, 0.25) is 10.0 Å². The third-order valence-corrected chi connectivity index (χ3v) is 5.71. The highest BCUT2D eigenvalue weighted by Gasteiger charge is 2.30. The quantitative estimate of drug-likeness (QED) is 0.456. The van der Waals surface area contributed by atoms with Crippen LogP contribution < -0.4 is 11.2 Å². The topological polar surface area (TPSA) is 110 Å². The van der Waals surface area contributed by atoms with E-state index in [-0.39, 0.29) is 17.7 Å². The molecule has 32 heavy (non-hydrogen) atoms. The Morgan fingerprint density at radius 1 is 1.09 bits per heavy atom. The van der Waals surface area contributed by atoms with E-state index in [9.17, 15) is 19.5 Å². The number of aromatic amines is 1. The molecule has 0 unspecified atom stereocenters. The Bertz CT molecular complexity index is 1470. The molecule has 10 heteroatoms. The van der Waals surface area contributed by atoms with E-state index in [1.807, 2.05) is 0 Å². The van der Waals surface area contributed by atoms with Crippen molar-refractivity contribution in [1.29, 1.82) is 0 Å².